The number of anilines is 2. The molecule has 2 atom stereocenters. The van der Waals surface area contributed by atoms with Gasteiger partial charge in [-0.2, -0.15) is 14.9 Å². The summed E-state index contributed by atoms with van der Waals surface area (Å²) in [5.41, 5.74) is -2.98. The number of hydrogen-bond acceptors (Lipinski definition) is 13. The number of halogens is 1. The number of aromatic nitrogens is 4. The van der Waals surface area contributed by atoms with E-state index in [1.54, 1.807) is 91.5 Å². The average Bonchev–Trinajstić information content (AvgIpc) is 3.56. The lowest BCUT2D eigenvalue weighted by molar-refractivity contribution is 0.0155. The van der Waals surface area contributed by atoms with Crippen LogP contribution in [0.1, 0.15) is 75.2 Å². The number of benzene rings is 1. The quantitative estimate of drug-likeness (QED) is 0.131. The number of amides is 3. The predicted molar refractivity (Wildman–Crippen MR) is 225 cm³/mol. The van der Waals surface area contributed by atoms with E-state index >= 15 is 4.39 Å². The fourth-order valence-corrected chi connectivity index (χ4v) is 7.08. The molecular formula is C43H54FN9O7. The van der Waals surface area contributed by atoms with Gasteiger partial charge in [0.05, 0.1) is 5.39 Å². The molecule has 3 aromatic heterocycles. The Kier molecular flexibility index (Phi) is 12.4. The van der Waals surface area contributed by atoms with Crippen LogP contribution >= 0.6 is 0 Å². The molecule has 16 nitrogen and oxygen atoms in total. The summed E-state index contributed by atoms with van der Waals surface area (Å²) in [6.45, 7) is 24.9. The number of carbonyl (C=O) groups is 3. The monoisotopic (exact) mass is 827 g/mol. The van der Waals surface area contributed by atoms with Crippen molar-refractivity contribution in [2.45, 2.75) is 104 Å². The summed E-state index contributed by atoms with van der Waals surface area (Å²) < 4.78 is 40.6. The number of likely N-dealkylation sites (N-methyl/N-ethyl adjacent to an activating group) is 1. The highest BCUT2D eigenvalue weighted by atomic mass is 19.1. The second kappa shape index (κ2) is 17.0. The molecule has 3 amide bonds. The van der Waals surface area contributed by atoms with Crippen molar-refractivity contribution in [2.75, 3.05) is 56.2 Å². The summed E-state index contributed by atoms with van der Waals surface area (Å²) in [5.74, 6) is -0.700. The zero-order valence-corrected chi connectivity index (χ0v) is 36.0. The molecule has 1 aromatic carbocycles. The summed E-state index contributed by atoms with van der Waals surface area (Å²) in [7, 11) is 2.02. The van der Waals surface area contributed by atoms with E-state index in [4.69, 9.17) is 35.5 Å². The van der Waals surface area contributed by atoms with E-state index < -0.39 is 46.9 Å². The molecule has 0 N–H and O–H groups in total. The lowest BCUT2D eigenvalue weighted by Crippen LogP contribution is -2.57. The minimum Gasteiger partial charge on any atom is -0.462 e. The van der Waals surface area contributed by atoms with Gasteiger partial charge in [-0.25, -0.2) is 30.3 Å². The molecule has 0 saturated carbocycles. The Bertz CT molecular complexity index is 2290. The van der Waals surface area contributed by atoms with Gasteiger partial charge < -0.3 is 33.6 Å². The van der Waals surface area contributed by atoms with Gasteiger partial charge in [0.15, 0.2) is 5.82 Å². The molecule has 0 aliphatic carbocycles. The first-order valence-electron chi connectivity index (χ1n) is 20.1. The van der Waals surface area contributed by atoms with Crippen molar-refractivity contribution >= 4 is 51.6 Å². The average molecular weight is 828 g/mol. The van der Waals surface area contributed by atoms with Gasteiger partial charge in [0.25, 0.3) is 0 Å². The summed E-state index contributed by atoms with van der Waals surface area (Å²) in [5, 5.41) is 1.27. The Morgan fingerprint density at radius 2 is 1.53 bits per heavy atom. The summed E-state index contributed by atoms with van der Waals surface area (Å²) in [4.78, 5) is 69.2. The molecule has 2 aliphatic rings. The van der Waals surface area contributed by atoms with Crippen molar-refractivity contribution in [3.05, 3.63) is 53.8 Å². The second-order valence-electron chi connectivity index (χ2n) is 18.1. The van der Waals surface area contributed by atoms with E-state index in [2.05, 4.69) is 19.7 Å². The lowest BCUT2D eigenvalue weighted by atomic mass is 10.1. The fourth-order valence-electron chi connectivity index (χ4n) is 7.08. The Morgan fingerprint density at radius 1 is 0.867 bits per heavy atom. The first kappa shape index (κ1) is 43.7. The number of hydrogen-bond donors (Lipinski definition) is 0. The van der Waals surface area contributed by atoms with E-state index in [9.17, 15) is 14.4 Å². The second-order valence-corrected chi connectivity index (χ2v) is 18.1. The molecule has 60 heavy (non-hydrogen) atoms. The summed E-state index contributed by atoms with van der Waals surface area (Å²) >= 11 is 0. The molecule has 2 fully saturated rings. The molecular weight excluding hydrogens is 774 g/mol. The van der Waals surface area contributed by atoms with Gasteiger partial charge in [-0.05, 0) is 100 Å². The zero-order valence-electron chi connectivity index (χ0n) is 36.0. The van der Waals surface area contributed by atoms with Gasteiger partial charge in [0, 0.05) is 37.3 Å². The van der Waals surface area contributed by atoms with E-state index in [1.807, 2.05) is 11.9 Å². The number of nitrogens with zero attached hydrogens (tertiary/aromatic N) is 9. The number of piperazine rings is 1. The summed E-state index contributed by atoms with van der Waals surface area (Å²) in [6, 6.07) is 8.02. The number of ether oxygens (including phenoxy) is 4. The van der Waals surface area contributed by atoms with Crippen LogP contribution in [-0.2, 0) is 14.2 Å². The standard InChI is InChI=1S/C43H54FN9O7/c1-41(2,3)58-38(54)52-20-19-51(24-28(52)22-45-10)36-30-23-46-35(32(44)33(30)48-37(49-36)57-25-27-16-14-18-50(27)11)34-29-17-13-12-15-26(29)21-31(47-34)53(39(55)59-42(4,5)6)40(56)60-43(7,8)9/h12-13,15,17,21,23,27-28H,14,16,18-20,22,24-25H2,1-9,11H3/t27-,28-/m0/s1. The van der Waals surface area contributed by atoms with E-state index in [0.29, 0.717) is 21.5 Å². The van der Waals surface area contributed by atoms with Crippen molar-refractivity contribution in [2.24, 2.45) is 0 Å². The third-order valence-electron chi connectivity index (χ3n) is 9.76. The fraction of sp³-hybridized carbons (Fsp3) is 0.535. The topological polar surface area (TPSA) is 157 Å². The zero-order chi connectivity index (χ0) is 43.7. The van der Waals surface area contributed by atoms with Crippen molar-refractivity contribution in [1.82, 2.24) is 29.7 Å². The molecule has 17 heteroatoms. The van der Waals surface area contributed by atoms with Crippen molar-refractivity contribution in [3.8, 4) is 17.4 Å². The highest BCUT2D eigenvalue weighted by molar-refractivity contribution is 6.10. The van der Waals surface area contributed by atoms with Gasteiger partial charge >= 0.3 is 24.3 Å². The highest BCUT2D eigenvalue weighted by Crippen LogP contribution is 2.37. The van der Waals surface area contributed by atoms with Gasteiger partial charge in [-0.1, -0.05) is 24.3 Å². The van der Waals surface area contributed by atoms with E-state index in [1.165, 1.54) is 12.3 Å². The molecule has 0 unspecified atom stereocenters. The van der Waals surface area contributed by atoms with Crippen LogP contribution < -0.4 is 14.5 Å². The number of imide groups is 1. The van der Waals surface area contributed by atoms with Gasteiger partial charge in [0.2, 0.25) is 6.54 Å². The maximum Gasteiger partial charge on any atom is 0.425 e. The molecule has 5 heterocycles. The molecule has 320 valence electrons. The molecule has 4 aromatic rings. The Morgan fingerprint density at radius 3 is 2.15 bits per heavy atom. The van der Waals surface area contributed by atoms with Gasteiger partial charge in [-0.15, -0.1) is 0 Å². The molecule has 0 bridgehead atoms. The SMILES string of the molecule is [C-]#[N+]C[C@H]1CN(c2nc(OC[C@@H]3CCCN3C)nc3c(F)c(-c4nc(N(C(=O)OC(C)(C)C)C(=O)OC(C)(C)C)cc5ccccc45)ncc23)CCN1C(=O)OC(C)(C)C. The third kappa shape index (κ3) is 10.1. The van der Waals surface area contributed by atoms with Crippen LogP contribution in [0.2, 0.25) is 0 Å². The number of likely N-dealkylation sites (tertiary alicyclic amines) is 1. The lowest BCUT2D eigenvalue weighted by Gasteiger charge is -2.40. The normalized spacial score (nSPS) is 17.7. The van der Waals surface area contributed by atoms with Crippen LogP contribution in [-0.4, -0.2) is 123 Å². The van der Waals surface area contributed by atoms with Crippen LogP contribution in [0.25, 0.3) is 37.9 Å². The van der Waals surface area contributed by atoms with Crippen molar-refractivity contribution in [3.63, 3.8) is 0 Å². The van der Waals surface area contributed by atoms with Gasteiger partial charge in [0.1, 0.15) is 58.0 Å². The van der Waals surface area contributed by atoms with E-state index in [0.717, 1.165) is 19.4 Å². The Balaban J connectivity index is 1.49. The largest absolute Gasteiger partial charge is 0.462 e. The smallest absolute Gasteiger partial charge is 0.425 e. The Hall–Kier alpha value is -5.89. The minimum atomic E-state index is -1.03. The first-order valence-corrected chi connectivity index (χ1v) is 20.1. The minimum absolute atomic E-state index is 0.00554. The Labute approximate surface area is 349 Å². The molecule has 2 aliphatic heterocycles. The van der Waals surface area contributed by atoms with Gasteiger partial charge in [-0.3, -0.25) is 9.88 Å². The van der Waals surface area contributed by atoms with Crippen LogP contribution in [0.5, 0.6) is 6.01 Å². The molecule has 6 rings (SSSR count). The highest BCUT2D eigenvalue weighted by Gasteiger charge is 2.38. The van der Waals surface area contributed by atoms with E-state index in [-0.39, 0.29) is 72.9 Å². The predicted octanol–water partition coefficient (Wildman–Crippen LogP) is 7.87. The molecule has 0 spiro atoms. The van der Waals surface area contributed by atoms with Crippen molar-refractivity contribution < 1.29 is 37.7 Å². The van der Waals surface area contributed by atoms with Crippen LogP contribution in [0.3, 0.4) is 0 Å². The van der Waals surface area contributed by atoms with Crippen molar-refractivity contribution in [1.29, 1.82) is 0 Å². The third-order valence-corrected chi connectivity index (χ3v) is 9.76. The molecule has 2 saturated heterocycles. The number of fused-ring (bicyclic) bond motifs is 2. The molecule has 0 radical (unpaired) electrons. The maximum atomic E-state index is 17.4. The summed E-state index contributed by atoms with van der Waals surface area (Å²) in [6.07, 6.45) is 0.791. The van der Waals surface area contributed by atoms with Crippen LogP contribution in [0, 0.1) is 12.4 Å². The van der Waals surface area contributed by atoms with Crippen LogP contribution in [0.15, 0.2) is 36.5 Å². The maximum absolute atomic E-state index is 17.4. The number of rotatable bonds is 7. The number of carbonyl (C=O) groups excluding carboxylic acids is 3. The van der Waals surface area contributed by atoms with Crippen LogP contribution in [0.4, 0.5) is 30.4 Å². The number of pyridine rings is 2. The first-order chi connectivity index (χ1) is 28.1.